The number of hydrogen-bond acceptors (Lipinski definition) is 3. The van der Waals surface area contributed by atoms with Crippen molar-refractivity contribution in [1.29, 1.82) is 0 Å². The second kappa shape index (κ2) is 7.62. The minimum atomic E-state index is -1.10. The fourth-order valence-corrected chi connectivity index (χ4v) is 2.61. The number of carbonyl (C=O) groups is 2. The lowest BCUT2D eigenvalue weighted by molar-refractivity contribution is -0.150. The topological polar surface area (TPSA) is 75.6 Å². The molecule has 1 fully saturated rings. The first-order valence-electron chi connectivity index (χ1n) is 7.59. The number of aliphatic carboxylic acids is 1. The Kier molecular flexibility index (Phi) is 6.46. The van der Waals surface area contributed by atoms with Crippen LogP contribution in [0.5, 0.6) is 0 Å². The number of amides is 1. The van der Waals surface area contributed by atoms with Gasteiger partial charge in [0.05, 0.1) is 6.10 Å². The molecule has 0 heterocycles. The fourth-order valence-electron chi connectivity index (χ4n) is 2.61. The quantitative estimate of drug-likeness (QED) is 0.753. The molecule has 1 aliphatic rings. The Labute approximate surface area is 121 Å². The molecule has 1 aliphatic carbocycles. The molecule has 0 aromatic carbocycles. The van der Waals surface area contributed by atoms with Crippen LogP contribution in [0.15, 0.2) is 0 Å². The summed E-state index contributed by atoms with van der Waals surface area (Å²) in [6, 6.07) is 0. The molecule has 0 radical (unpaired) electrons. The van der Waals surface area contributed by atoms with Crippen molar-refractivity contribution in [1.82, 2.24) is 5.32 Å². The fraction of sp³-hybridized carbons (Fsp3) is 0.867. The van der Waals surface area contributed by atoms with Crippen LogP contribution >= 0.6 is 0 Å². The summed E-state index contributed by atoms with van der Waals surface area (Å²) in [6.07, 6.45) is 4.64. The molecule has 0 aromatic rings. The van der Waals surface area contributed by atoms with Crippen LogP contribution in [0.4, 0.5) is 0 Å². The third kappa shape index (κ3) is 4.47. The summed E-state index contributed by atoms with van der Waals surface area (Å²) in [5, 5.41) is 12.2. The molecule has 116 valence electrons. The Bertz CT molecular complexity index is 335. The predicted molar refractivity (Wildman–Crippen MR) is 76.5 cm³/mol. The summed E-state index contributed by atoms with van der Waals surface area (Å²) in [4.78, 5) is 23.4. The Hall–Kier alpha value is -1.10. The molecule has 2 N–H and O–H groups in total. The molecule has 1 rings (SSSR count). The number of nitrogens with one attached hydrogen (secondary N) is 1. The maximum atomic E-state index is 11.9. The highest BCUT2D eigenvalue weighted by atomic mass is 16.5. The molecule has 0 saturated heterocycles. The molecule has 0 aromatic heterocycles. The highest BCUT2D eigenvalue weighted by Crippen LogP contribution is 2.34. The van der Waals surface area contributed by atoms with Crippen LogP contribution in [0.3, 0.4) is 0 Å². The van der Waals surface area contributed by atoms with Crippen LogP contribution in [-0.4, -0.2) is 35.2 Å². The lowest BCUT2D eigenvalue weighted by atomic mass is 9.75. The normalized spacial score (nSPS) is 27.9. The summed E-state index contributed by atoms with van der Waals surface area (Å²) in [6.45, 7) is 5.93. The van der Waals surface area contributed by atoms with E-state index < -0.39 is 11.5 Å². The molecule has 0 spiro atoms. The average molecular weight is 285 g/mol. The molecule has 5 heteroatoms. The lowest BCUT2D eigenvalue weighted by Crippen LogP contribution is -2.57. The van der Waals surface area contributed by atoms with E-state index in [2.05, 4.69) is 12.2 Å². The van der Waals surface area contributed by atoms with E-state index in [1.54, 1.807) is 0 Å². The maximum Gasteiger partial charge on any atom is 0.329 e. The third-order valence-corrected chi connectivity index (χ3v) is 4.40. The van der Waals surface area contributed by atoms with Crippen molar-refractivity contribution < 1.29 is 19.4 Å². The summed E-state index contributed by atoms with van der Waals surface area (Å²) < 4.78 is 5.36. The molecular weight excluding hydrogens is 258 g/mol. The predicted octanol–water partition coefficient (Wildman–Crippen LogP) is 2.34. The van der Waals surface area contributed by atoms with Gasteiger partial charge >= 0.3 is 5.97 Å². The van der Waals surface area contributed by atoms with Crippen LogP contribution in [0.1, 0.15) is 59.3 Å². The van der Waals surface area contributed by atoms with E-state index in [1.807, 2.05) is 13.8 Å². The van der Waals surface area contributed by atoms with Gasteiger partial charge in [-0.3, -0.25) is 4.79 Å². The summed E-state index contributed by atoms with van der Waals surface area (Å²) in [5.41, 5.74) is -1.10. The second-order valence-electron chi connectivity index (χ2n) is 5.82. The SMILES string of the molecule is CCC1CCC(NC(=O)COC(C)CC)(C(=O)O)CC1. The molecule has 0 bridgehead atoms. The van der Waals surface area contributed by atoms with Gasteiger partial charge in [-0.1, -0.05) is 20.3 Å². The van der Waals surface area contributed by atoms with Crippen molar-refractivity contribution in [3.05, 3.63) is 0 Å². The zero-order valence-electron chi connectivity index (χ0n) is 12.8. The van der Waals surface area contributed by atoms with Gasteiger partial charge in [0, 0.05) is 0 Å². The largest absolute Gasteiger partial charge is 0.480 e. The Morgan fingerprint density at radius 1 is 1.35 bits per heavy atom. The molecule has 1 amide bonds. The Morgan fingerprint density at radius 2 is 1.95 bits per heavy atom. The lowest BCUT2D eigenvalue weighted by Gasteiger charge is -2.37. The van der Waals surface area contributed by atoms with E-state index in [-0.39, 0.29) is 18.6 Å². The first kappa shape index (κ1) is 17.0. The average Bonchev–Trinajstić information content (AvgIpc) is 2.45. The first-order valence-corrected chi connectivity index (χ1v) is 7.59. The van der Waals surface area contributed by atoms with Gasteiger partial charge in [-0.15, -0.1) is 0 Å². The van der Waals surface area contributed by atoms with Crippen molar-refractivity contribution in [2.75, 3.05) is 6.61 Å². The Balaban J connectivity index is 2.55. The van der Waals surface area contributed by atoms with Crippen molar-refractivity contribution in [3.63, 3.8) is 0 Å². The van der Waals surface area contributed by atoms with Crippen LogP contribution in [0.25, 0.3) is 0 Å². The van der Waals surface area contributed by atoms with E-state index in [4.69, 9.17) is 4.74 Å². The molecule has 0 aliphatic heterocycles. The van der Waals surface area contributed by atoms with Crippen LogP contribution in [-0.2, 0) is 14.3 Å². The minimum Gasteiger partial charge on any atom is -0.480 e. The van der Waals surface area contributed by atoms with Gasteiger partial charge in [0.15, 0.2) is 0 Å². The van der Waals surface area contributed by atoms with Gasteiger partial charge in [0.1, 0.15) is 12.1 Å². The zero-order chi connectivity index (χ0) is 15.2. The number of carbonyl (C=O) groups excluding carboxylic acids is 1. The number of hydrogen-bond donors (Lipinski definition) is 2. The first-order chi connectivity index (χ1) is 9.43. The second-order valence-corrected chi connectivity index (χ2v) is 5.82. The zero-order valence-corrected chi connectivity index (χ0v) is 12.8. The molecule has 1 saturated carbocycles. The summed E-state index contributed by atoms with van der Waals surface area (Å²) >= 11 is 0. The maximum absolute atomic E-state index is 11.9. The number of carboxylic acids is 1. The van der Waals surface area contributed by atoms with Gasteiger partial charge in [-0.05, 0) is 44.9 Å². The van der Waals surface area contributed by atoms with E-state index in [0.29, 0.717) is 18.8 Å². The van der Waals surface area contributed by atoms with Gasteiger partial charge in [0.2, 0.25) is 5.91 Å². The van der Waals surface area contributed by atoms with Gasteiger partial charge in [-0.25, -0.2) is 4.79 Å². The van der Waals surface area contributed by atoms with Crippen LogP contribution < -0.4 is 5.32 Å². The van der Waals surface area contributed by atoms with Crippen LogP contribution in [0.2, 0.25) is 0 Å². The van der Waals surface area contributed by atoms with E-state index in [1.165, 1.54) is 0 Å². The standard InChI is InChI=1S/C15H27NO4/c1-4-11(3)20-10-13(17)16-15(14(18)19)8-6-12(5-2)7-9-15/h11-12H,4-10H2,1-3H3,(H,16,17)(H,18,19). The molecule has 20 heavy (non-hydrogen) atoms. The smallest absolute Gasteiger partial charge is 0.329 e. The number of ether oxygens (including phenoxy) is 1. The van der Waals surface area contributed by atoms with Crippen molar-refractivity contribution in [2.24, 2.45) is 5.92 Å². The minimum absolute atomic E-state index is 0.0114. The summed E-state index contributed by atoms with van der Waals surface area (Å²) in [7, 11) is 0. The van der Waals surface area contributed by atoms with Gasteiger partial charge in [-0.2, -0.15) is 0 Å². The van der Waals surface area contributed by atoms with Crippen molar-refractivity contribution in [3.8, 4) is 0 Å². The van der Waals surface area contributed by atoms with Crippen molar-refractivity contribution in [2.45, 2.75) is 70.9 Å². The monoisotopic (exact) mass is 285 g/mol. The molecular formula is C15H27NO4. The van der Waals surface area contributed by atoms with Gasteiger partial charge in [0.25, 0.3) is 0 Å². The highest BCUT2D eigenvalue weighted by Gasteiger charge is 2.42. The number of carboxylic acid groups (broad SMARTS) is 1. The van der Waals surface area contributed by atoms with Crippen LogP contribution in [0, 0.1) is 5.92 Å². The van der Waals surface area contributed by atoms with E-state index in [0.717, 1.165) is 25.7 Å². The highest BCUT2D eigenvalue weighted by molar-refractivity contribution is 5.87. The summed E-state index contributed by atoms with van der Waals surface area (Å²) in [5.74, 6) is -0.678. The van der Waals surface area contributed by atoms with E-state index >= 15 is 0 Å². The third-order valence-electron chi connectivity index (χ3n) is 4.40. The number of rotatable bonds is 7. The molecule has 5 nitrogen and oxygen atoms in total. The van der Waals surface area contributed by atoms with E-state index in [9.17, 15) is 14.7 Å². The Morgan fingerprint density at radius 3 is 2.40 bits per heavy atom. The molecule has 1 atom stereocenters. The molecule has 1 unspecified atom stereocenters. The van der Waals surface area contributed by atoms with Crippen molar-refractivity contribution >= 4 is 11.9 Å². The van der Waals surface area contributed by atoms with Gasteiger partial charge < -0.3 is 15.2 Å².